The van der Waals surface area contributed by atoms with E-state index in [1.54, 1.807) is 0 Å². The van der Waals surface area contributed by atoms with Crippen molar-refractivity contribution >= 4 is 65.5 Å². The average molecular weight is 1220 g/mol. The van der Waals surface area contributed by atoms with Gasteiger partial charge in [0.25, 0.3) is 0 Å². The average Bonchev–Trinajstić information content (AvgIpc) is 1.57. The summed E-state index contributed by atoms with van der Waals surface area (Å²) in [5.74, 6) is 1.87. The normalized spacial score (nSPS) is 13.1. The van der Waals surface area contributed by atoms with E-state index < -0.39 is 0 Å². The minimum Gasteiger partial charge on any atom is -0.307 e. The zero-order chi connectivity index (χ0) is 65.6. The molecule has 14 rings (SSSR count). The maximum Gasteiger partial charge on any atom is 0.164 e. The predicted molar refractivity (Wildman–Crippen MR) is 395 cm³/mol. The fourth-order valence-electron chi connectivity index (χ4n) is 13.5. The molecule has 5 aromatic heterocycles. The van der Waals surface area contributed by atoms with Crippen molar-refractivity contribution in [2.24, 2.45) is 0 Å². The molecule has 9 aromatic carbocycles. The Balaban J connectivity index is 1.16. The van der Waals surface area contributed by atoms with Crippen LogP contribution in [0.15, 0.2) is 200 Å². The van der Waals surface area contributed by atoms with E-state index in [4.69, 9.17) is 19.9 Å². The van der Waals surface area contributed by atoms with Crippen LogP contribution in [-0.4, -0.2) is 33.6 Å². The van der Waals surface area contributed by atoms with E-state index in [-0.39, 0.29) is 32.5 Å². The Morgan fingerprint density at radius 3 is 0.871 bits per heavy atom. The Labute approximate surface area is 549 Å². The number of hydrogen-bond acceptors (Lipinski definition) is 4. The van der Waals surface area contributed by atoms with Gasteiger partial charge in [-0.1, -0.05) is 240 Å². The molecule has 0 amide bonds. The lowest BCUT2D eigenvalue weighted by atomic mass is 9.85. The van der Waals surface area contributed by atoms with E-state index in [1.165, 1.54) is 49.4 Å². The van der Waals surface area contributed by atoms with Crippen molar-refractivity contribution in [3.05, 3.63) is 234 Å². The summed E-state index contributed by atoms with van der Waals surface area (Å²) in [5.41, 5.74) is 22.5. The SMILES string of the molecule is CC(C)(C)c1ccc2c(c1)c1cc(C(C)(C)C)ccc1n2-c1cc(-c2ccc(-c3nc(-c4ccccc4)nc(-c4ccccc4)n3)cc2)cc(-n2c3ccc(C(C)(C)C)cc3c3cc(C(C)(C)C)ccc32)c1-n1c2ccc(C(C)(C)C)cc2c2nc(C(C)(C)C)ccc21. The van der Waals surface area contributed by atoms with Crippen LogP contribution >= 0.6 is 0 Å². The third-order valence-electron chi connectivity index (χ3n) is 19.2. The van der Waals surface area contributed by atoms with E-state index in [0.717, 1.165) is 94.6 Å². The van der Waals surface area contributed by atoms with E-state index in [9.17, 15) is 0 Å². The Hall–Kier alpha value is -9.46. The molecule has 0 unspecified atom stereocenters. The molecule has 0 spiro atoms. The molecule has 0 aliphatic carbocycles. The topological polar surface area (TPSA) is 66.3 Å². The molecule has 0 bridgehead atoms. The van der Waals surface area contributed by atoms with Crippen molar-refractivity contribution in [1.29, 1.82) is 0 Å². The van der Waals surface area contributed by atoms with Crippen LogP contribution in [0.2, 0.25) is 0 Å². The Morgan fingerprint density at radius 1 is 0.237 bits per heavy atom. The summed E-state index contributed by atoms with van der Waals surface area (Å²) in [4.78, 5) is 21.2. The van der Waals surface area contributed by atoms with Gasteiger partial charge in [-0.3, -0.25) is 0 Å². The second-order valence-electron chi connectivity index (χ2n) is 32.2. The van der Waals surface area contributed by atoms with Gasteiger partial charge in [0.2, 0.25) is 0 Å². The minimum absolute atomic E-state index is 0.0910. The summed E-state index contributed by atoms with van der Waals surface area (Å²) in [7, 11) is 0. The summed E-state index contributed by atoms with van der Waals surface area (Å²) in [6.07, 6.45) is 0. The predicted octanol–water partition coefficient (Wildman–Crippen LogP) is 23.0. The van der Waals surface area contributed by atoms with Crippen molar-refractivity contribution in [3.8, 4) is 62.4 Å². The van der Waals surface area contributed by atoms with Gasteiger partial charge in [0.1, 0.15) is 0 Å². The Bertz CT molecular complexity index is 4840. The fraction of sp³-hybridized carbons (Fsp3) is 0.279. The first-order valence-corrected chi connectivity index (χ1v) is 33.2. The minimum atomic E-state index is -0.197. The molecule has 0 aliphatic rings. The number of pyridine rings is 1. The maximum absolute atomic E-state index is 5.75. The fourth-order valence-corrected chi connectivity index (χ4v) is 13.5. The molecule has 0 radical (unpaired) electrons. The first-order chi connectivity index (χ1) is 43.9. The highest BCUT2D eigenvalue weighted by molar-refractivity contribution is 6.14. The monoisotopic (exact) mass is 1220 g/mol. The summed E-state index contributed by atoms with van der Waals surface area (Å²) in [6.45, 7) is 41.6. The molecule has 0 fully saturated rings. The number of rotatable bonds is 7. The molecule has 0 saturated carbocycles. The second kappa shape index (κ2) is 21.6. The van der Waals surface area contributed by atoms with Gasteiger partial charge in [0, 0.05) is 54.7 Å². The molecule has 7 heteroatoms. The first kappa shape index (κ1) is 61.1. The van der Waals surface area contributed by atoms with Gasteiger partial charge < -0.3 is 13.7 Å². The van der Waals surface area contributed by atoms with Crippen LogP contribution in [0.5, 0.6) is 0 Å². The smallest absolute Gasteiger partial charge is 0.164 e. The van der Waals surface area contributed by atoms with E-state index >= 15 is 0 Å². The van der Waals surface area contributed by atoms with E-state index in [0.29, 0.717) is 17.5 Å². The van der Waals surface area contributed by atoms with Crippen molar-refractivity contribution in [1.82, 2.24) is 33.6 Å². The van der Waals surface area contributed by atoms with Gasteiger partial charge in [0.15, 0.2) is 17.5 Å². The highest BCUT2D eigenvalue weighted by Gasteiger charge is 2.31. The van der Waals surface area contributed by atoms with Crippen molar-refractivity contribution < 1.29 is 0 Å². The van der Waals surface area contributed by atoms with Crippen LogP contribution in [0.4, 0.5) is 0 Å². The molecule has 466 valence electrons. The maximum atomic E-state index is 5.75. The first-order valence-electron chi connectivity index (χ1n) is 33.2. The third kappa shape index (κ3) is 10.8. The lowest BCUT2D eigenvalue weighted by molar-refractivity contribution is 0.571. The number of fused-ring (bicyclic) bond motifs is 9. The van der Waals surface area contributed by atoms with Crippen molar-refractivity contribution in [2.75, 3.05) is 0 Å². The van der Waals surface area contributed by atoms with E-state index in [1.807, 2.05) is 36.4 Å². The van der Waals surface area contributed by atoms with Gasteiger partial charge in [0.05, 0.1) is 55.7 Å². The molecule has 0 aliphatic heterocycles. The zero-order valence-electron chi connectivity index (χ0n) is 57.7. The van der Waals surface area contributed by atoms with Crippen LogP contribution in [-0.2, 0) is 32.5 Å². The van der Waals surface area contributed by atoms with Gasteiger partial charge >= 0.3 is 0 Å². The third-order valence-corrected chi connectivity index (χ3v) is 19.2. The lowest BCUT2D eigenvalue weighted by Crippen LogP contribution is -2.13. The lowest BCUT2D eigenvalue weighted by Gasteiger charge is -2.25. The molecule has 0 atom stereocenters. The van der Waals surface area contributed by atoms with Gasteiger partial charge in [-0.25, -0.2) is 19.9 Å². The Morgan fingerprint density at radius 2 is 0.538 bits per heavy atom. The molecule has 7 nitrogen and oxygen atoms in total. The number of nitrogens with zero attached hydrogens (tertiary/aromatic N) is 7. The van der Waals surface area contributed by atoms with E-state index in [2.05, 4.69) is 302 Å². The van der Waals surface area contributed by atoms with Crippen molar-refractivity contribution in [3.63, 3.8) is 0 Å². The molecular weight excluding hydrogens is 1130 g/mol. The number of aromatic nitrogens is 7. The summed E-state index contributed by atoms with van der Waals surface area (Å²) in [6, 6.07) is 74.9. The molecule has 0 N–H and O–H groups in total. The second-order valence-corrected chi connectivity index (χ2v) is 32.2. The number of hydrogen-bond donors (Lipinski definition) is 0. The summed E-state index contributed by atoms with van der Waals surface area (Å²) >= 11 is 0. The highest BCUT2D eigenvalue weighted by Crippen LogP contribution is 2.48. The largest absolute Gasteiger partial charge is 0.307 e. The van der Waals surface area contributed by atoms with Gasteiger partial charge in [-0.15, -0.1) is 0 Å². The summed E-state index contributed by atoms with van der Waals surface area (Å²) in [5, 5.41) is 6.03. The standard InChI is InChI=1S/C86H87N7/c1-81(2,3)57-33-38-67-62(47-57)63-48-58(82(4,5)6)34-39-68(63)91(67)73-45-56(52-29-31-55(32-30-52)80-89-78(53-25-21-19-22-26-53)88-79(90-80)54-27-23-20-24-28-54)46-74(92-69-40-35-59(83(7,8)9)49-64(69)65-50-60(84(10,11)12)36-41-70(65)92)77(73)93-71-42-37-61(85(13,14)15)51-66(71)76-72(93)43-44-75(87-76)86(16,17)18/h19-51H,1-18H3. The van der Waals surface area contributed by atoms with Gasteiger partial charge in [-0.2, -0.15) is 0 Å². The van der Waals surface area contributed by atoms with Crippen molar-refractivity contribution in [2.45, 2.75) is 157 Å². The van der Waals surface area contributed by atoms with Gasteiger partial charge in [-0.05, 0) is 151 Å². The van der Waals surface area contributed by atoms with Crippen LogP contribution in [0.3, 0.4) is 0 Å². The quantitative estimate of drug-likeness (QED) is 0.159. The van der Waals surface area contributed by atoms with Crippen LogP contribution < -0.4 is 0 Å². The zero-order valence-corrected chi connectivity index (χ0v) is 57.7. The molecular formula is C86H87N7. The summed E-state index contributed by atoms with van der Waals surface area (Å²) < 4.78 is 7.74. The number of benzene rings is 9. The molecule has 14 aromatic rings. The molecule has 0 saturated heterocycles. The van der Waals surface area contributed by atoms with Crippen LogP contribution in [0.25, 0.3) is 128 Å². The molecule has 5 heterocycles. The van der Waals surface area contributed by atoms with Crippen LogP contribution in [0, 0.1) is 0 Å². The Kier molecular flexibility index (Phi) is 14.2. The molecule has 93 heavy (non-hydrogen) atoms. The van der Waals surface area contributed by atoms with Crippen LogP contribution in [0.1, 0.15) is 158 Å². The highest BCUT2D eigenvalue weighted by atomic mass is 15.1.